The number of pyridine rings is 1. The van der Waals surface area contributed by atoms with Gasteiger partial charge in [-0.15, -0.1) is 0 Å². The van der Waals surface area contributed by atoms with Crippen LogP contribution in [0.15, 0.2) is 18.3 Å². The fourth-order valence-electron chi connectivity index (χ4n) is 1.89. The average molecular weight is 400 g/mol. The van der Waals surface area contributed by atoms with Crippen LogP contribution < -0.4 is 10.1 Å². The van der Waals surface area contributed by atoms with Crippen molar-refractivity contribution in [1.82, 2.24) is 10.3 Å². The molecule has 0 aliphatic rings. The van der Waals surface area contributed by atoms with Gasteiger partial charge in [-0.25, -0.2) is 4.79 Å². The maximum absolute atomic E-state index is 11.4. The highest BCUT2D eigenvalue weighted by molar-refractivity contribution is 5.67. The molecule has 0 unspecified atom stereocenters. The Bertz CT molecular complexity index is 532. The number of nitrogens with one attached hydrogen (secondary N) is 1. The molecular formula is C19H32N2O7. The van der Waals surface area contributed by atoms with Crippen LogP contribution in [0.1, 0.15) is 26.5 Å². The van der Waals surface area contributed by atoms with Crippen LogP contribution in [0, 0.1) is 0 Å². The summed E-state index contributed by atoms with van der Waals surface area (Å²) in [5.41, 5.74) is 0.0971. The van der Waals surface area contributed by atoms with Gasteiger partial charge in [0.15, 0.2) is 0 Å². The smallest absolute Gasteiger partial charge is 0.407 e. The summed E-state index contributed by atoms with van der Waals surface area (Å²) >= 11 is 0. The van der Waals surface area contributed by atoms with Crippen LogP contribution in [0.5, 0.6) is 5.75 Å². The third-order valence-corrected chi connectivity index (χ3v) is 3.11. The molecule has 0 saturated carbocycles. The van der Waals surface area contributed by atoms with E-state index in [0.29, 0.717) is 64.2 Å². The van der Waals surface area contributed by atoms with Crippen LogP contribution in [0.25, 0.3) is 0 Å². The molecule has 0 saturated heterocycles. The van der Waals surface area contributed by atoms with Crippen molar-refractivity contribution in [3.8, 4) is 5.75 Å². The van der Waals surface area contributed by atoms with Crippen molar-refractivity contribution in [2.24, 2.45) is 0 Å². The maximum atomic E-state index is 11.4. The number of amides is 1. The van der Waals surface area contributed by atoms with Gasteiger partial charge in [0.1, 0.15) is 18.0 Å². The fraction of sp³-hybridized carbons (Fsp3) is 0.684. The molecule has 1 rings (SSSR count). The molecule has 2 N–H and O–H groups in total. The summed E-state index contributed by atoms with van der Waals surface area (Å²) in [5, 5.41) is 11.5. The third-order valence-electron chi connectivity index (χ3n) is 3.11. The van der Waals surface area contributed by atoms with Gasteiger partial charge in [-0.2, -0.15) is 0 Å². The first-order chi connectivity index (χ1) is 13.4. The topological polar surface area (TPSA) is 108 Å². The molecule has 9 heteroatoms. The first kappa shape index (κ1) is 24.1. The number of alkyl carbamates (subject to hydrolysis) is 1. The van der Waals surface area contributed by atoms with Gasteiger partial charge in [-0.3, -0.25) is 4.98 Å². The molecular weight excluding hydrogens is 368 g/mol. The zero-order chi connectivity index (χ0) is 20.7. The van der Waals surface area contributed by atoms with E-state index in [1.807, 2.05) is 20.8 Å². The Hall–Kier alpha value is -1.94. The SMILES string of the molecule is CC(C)(C)OC(=O)NCCOCCOCCOCCOc1ccc(CO)nc1. The molecule has 160 valence electrons. The van der Waals surface area contributed by atoms with E-state index in [1.165, 1.54) is 0 Å². The lowest BCUT2D eigenvalue weighted by atomic mass is 10.2. The van der Waals surface area contributed by atoms with Gasteiger partial charge in [0.25, 0.3) is 0 Å². The lowest BCUT2D eigenvalue weighted by molar-refractivity contribution is 0.00902. The van der Waals surface area contributed by atoms with Crippen LogP contribution in [0.2, 0.25) is 0 Å². The van der Waals surface area contributed by atoms with E-state index in [2.05, 4.69) is 10.3 Å². The number of aromatic nitrogens is 1. The van der Waals surface area contributed by atoms with E-state index in [1.54, 1.807) is 18.3 Å². The number of ether oxygens (including phenoxy) is 5. The van der Waals surface area contributed by atoms with Crippen LogP contribution in [0.3, 0.4) is 0 Å². The summed E-state index contributed by atoms with van der Waals surface area (Å²) in [5.74, 6) is 0.635. The standard InChI is InChI=1S/C19H32N2O7/c1-19(2,3)28-18(23)20-6-7-24-8-9-25-10-11-26-12-13-27-17-5-4-16(15-22)21-14-17/h4-5,14,22H,6-13,15H2,1-3H3,(H,20,23). The largest absolute Gasteiger partial charge is 0.490 e. The molecule has 0 aromatic carbocycles. The van der Waals surface area contributed by atoms with Crippen molar-refractivity contribution in [1.29, 1.82) is 0 Å². The summed E-state index contributed by atoms with van der Waals surface area (Å²) in [6.07, 6.45) is 1.12. The number of hydrogen-bond acceptors (Lipinski definition) is 8. The molecule has 0 atom stereocenters. The number of carbonyl (C=O) groups is 1. The minimum absolute atomic E-state index is 0.0859. The van der Waals surface area contributed by atoms with E-state index < -0.39 is 11.7 Å². The molecule has 0 aliphatic heterocycles. The Labute approximate surface area is 166 Å². The van der Waals surface area contributed by atoms with E-state index in [4.69, 9.17) is 28.8 Å². The quantitative estimate of drug-likeness (QED) is 0.453. The Morgan fingerprint density at radius 3 is 2.14 bits per heavy atom. The molecule has 0 spiro atoms. The average Bonchev–Trinajstić information content (AvgIpc) is 2.64. The van der Waals surface area contributed by atoms with Crippen LogP contribution in [-0.2, 0) is 25.6 Å². The second-order valence-corrected chi connectivity index (χ2v) is 6.76. The second-order valence-electron chi connectivity index (χ2n) is 6.76. The summed E-state index contributed by atoms with van der Waals surface area (Å²) in [4.78, 5) is 15.4. The minimum atomic E-state index is -0.504. The zero-order valence-electron chi connectivity index (χ0n) is 16.9. The van der Waals surface area contributed by atoms with Crippen molar-refractivity contribution in [3.05, 3.63) is 24.0 Å². The summed E-state index contributed by atoms with van der Waals surface area (Å²) in [6.45, 7) is 8.80. The lowest BCUT2D eigenvalue weighted by Gasteiger charge is -2.19. The van der Waals surface area contributed by atoms with Gasteiger partial charge in [-0.1, -0.05) is 0 Å². The van der Waals surface area contributed by atoms with Gasteiger partial charge in [0.2, 0.25) is 0 Å². The molecule has 0 aliphatic carbocycles. The fourth-order valence-corrected chi connectivity index (χ4v) is 1.89. The summed E-state index contributed by atoms with van der Waals surface area (Å²) in [6, 6.07) is 3.46. The van der Waals surface area contributed by atoms with Gasteiger partial charge in [-0.05, 0) is 32.9 Å². The molecule has 0 radical (unpaired) electrons. The normalized spacial score (nSPS) is 11.3. The molecule has 9 nitrogen and oxygen atoms in total. The number of aliphatic hydroxyl groups excluding tert-OH is 1. The lowest BCUT2D eigenvalue weighted by Crippen LogP contribution is -2.34. The number of carbonyl (C=O) groups excluding carboxylic acids is 1. The zero-order valence-corrected chi connectivity index (χ0v) is 16.9. The summed E-state index contributed by atoms with van der Waals surface area (Å²) in [7, 11) is 0. The van der Waals surface area contributed by atoms with E-state index in [-0.39, 0.29) is 6.61 Å². The number of nitrogens with zero attached hydrogens (tertiary/aromatic N) is 1. The third kappa shape index (κ3) is 13.3. The van der Waals surface area contributed by atoms with Crippen molar-refractivity contribution in [2.45, 2.75) is 33.0 Å². The Morgan fingerprint density at radius 2 is 1.61 bits per heavy atom. The molecule has 0 fully saturated rings. The van der Waals surface area contributed by atoms with Gasteiger partial charge in [0.05, 0.1) is 58.1 Å². The number of aliphatic hydroxyl groups is 1. The summed E-state index contributed by atoms with van der Waals surface area (Å²) < 4.78 is 26.7. The van der Waals surface area contributed by atoms with Crippen LogP contribution in [0.4, 0.5) is 4.79 Å². The Kier molecular flexibility index (Phi) is 12.1. The Balaban J connectivity index is 1.83. The molecule has 1 aromatic heterocycles. The van der Waals surface area contributed by atoms with Crippen molar-refractivity contribution in [3.63, 3.8) is 0 Å². The highest BCUT2D eigenvalue weighted by Gasteiger charge is 2.15. The van der Waals surface area contributed by atoms with Gasteiger partial charge in [0, 0.05) is 6.54 Å². The predicted octanol–water partition coefficient (Wildman–Crippen LogP) is 1.53. The molecule has 1 heterocycles. The van der Waals surface area contributed by atoms with Crippen molar-refractivity contribution in [2.75, 3.05) is 52.8 Å². The molecule has 1 amide bonds. The van der Waals surface area contributed by atoms with E-state index in [0.717, 1.165) is 0 Å². The molecule has 1 aromatic rings. The van der Waals surface area contributed by atoms with E-state index >= 15 is 0 Å². The number of hydrogen-bond donors (Lipinski definition) is 2. The number of rotatable bonds is 14. The monoisotopic (exact) mass is 400 g/mol. The maximum Gasteiger partial charge on any atom is 0.407 e. The molecule has 28 heavy (non-hydrogen) atoms. The highest BCUT2D eigenvalue weighted by atomic mass is 16.6. The van der Waals surface area contributed by atoms with Gasteiger partial charge < -0.3 is 34.1 Å². The highest BCUT2D eigenvalue weighted by Crippen LogP contribution is 2.08. The Morgan fingerprint density at radius 1 is 1.00 bits per heavy atom. The van der Waals surface area contributed by atoms with Crippen LogP contribution in [-0.4, -0.2) is 74.6 Å². The van der Waals surface area contributed by atoms with Crippen molar-refractivity contribution >= 4 is 6.09 Å². The first-order valence-corrected chi connectivity index (χ1v) is 9.29. The minimum Gasteiger partial charge on any atom is -0.490 e. The van der Waals surface area contributed by atoms with Crippen molar-refractivity contribution < 1.29 is 33.6 Å². The predicted molar refractivity (Wildman–Crippen MR) is 102 cm³/mol. The molecule has 0 bridgehead atoms. The first-order valence-electron chi connectivity index (χ1n) is 9.29. The van der Waals surface area contributed by atoms with Gasteiger partial charge >= 0.3 is 6.09 Å². The van der Waals surface area contributed by atoms with Crippen LogP contribution >= 0.6 is 0 Å². The van der Waals surface area contributed by atoms with E-state index in [9.17, 15) is 4.79 Å². The second kappa shape index (κ2) is 14.1.